The molecule has 0 fully saturated rings. The molecule has 24 heavy (non-hydrogen) atoms. The summed E-state index contributed by atoms with van der Waals surface area (Å²) < 4.78 is 24.9. The number of halogens is 1. The summed E-state index contributed by atoms with van der Waals surface area (Å²) in [5.41, 5.74) is 5.98. The van der Waals surface area contributed by atoms with Gasteiger partial charge in [0, 0.05) is 24.2 Å². The lowest BCUT2D eigenvalue weighted by atomic mass is 10.2. The van der Waals surface area contributed by atoms with E-state index in [-0.39, 0.29) is 17.7 Å². The number of anilines is 1. The zero-order chi connectivity index (χ0) is 17.5. The summed E-state index contributed by atoms with van der Waals surface area (Å²) in [6, 6.07) is 11.2. The van der Waals surface area contributed by atoms with Crippen molar-refractivity contribution in [1.29, 1.82) is 0 Å². The SMILES string of the molecule is COc1ccccc1Oc1ccc(NC(=O)CCC(C)N)cc1F. The minimum atomic E-state index is -0.578. The highest BCUT2D eigenvalue weighted by molar-refractivity contribution is 5.90. The number of nitrogens with one attached hydrogen (secondary N) is 1. The van der Waals surface area contributed by atoms with Crippen molar-refractivity contribution >= 4 is 11.6 Å². The average Bonchev–Trinajstić information content (AvgIpc) is 2.56. The maximum atomic E-state index is 14.2. The first-order valence-corrected chi connectivity index (χ1v) is 7.65. The fourth-order valence-electron chi connectivity index (χ4n) is 2.07. The van der Waals surface area contributed by atoms with Gasteiger partial charge in [-0.25, -0.2) is 4.39 Å². The predicted octanol–water partition coefficient (Wildman–Crippen LogP) is 3.69. The van der Waals surface area contributed by atoms with Crippen LogP contribution in [-0.4, -0.2) is 19.1 Å². The summed E-state index contributed by atoms with van der Waals surface area (Å²) in [5, 5.41) is 2.64. The molecule has 0 aliphatic carbocycles. The van der Waals surface area contributed by atoms with Gasteiger partial charge in [-0.1, -0.05) is 12.1 Å². The van der Waals surface area contributed by atoms with E-state index in [1.54, 1.807) is 30.3 Å². The summed E-state index contributed by atoms with van der Waals surface area (Å²) in [4.78, 5) is 11.8. The van der Waals surface area contributed by atoms with Crippen molar-refractivity contribution in [2.45, 2.75) is 25.8 Å². The van der Waals surface area contributed by atoms with Crippen molar-refractivity contribution < 1.29 is 18.7 Å². The highest BCUT2D eigenvalue weighted by Gasteiger charge is 2.11. The average molecular weight is 332 g/mol. The van der Waals surface area contributed by atoms with Crippen molar-refractivity contribution in [3.05, 3.63) is 48.3 Å². The Bertz CT molecular complexity index is 704. The molecule has 3 N–H and O–H groups in total. The van der Waals surface area contributed by atoms with E-state index in [4.69, 9.17) is 15.2 Å². The molecule has 0 radical (unpaired) electrons. The van der Waals surface area contributed by atoms with Gasteiger partial charge in [0.25, 0.3) is 0 Å². The Morgan fingerprint density at radius 1 is 1.21 bits per heavy atom. The van der Waals surface area contributed by atoms with Gasteiger partial charge in [-0.3, -0.25) is 4.79 Å². The summed E-state index contributed by atoms with van der Waals surface area (Å²) >= 11 is 0. The molecule has 0 saturated heterocycles. The zero-order valence-corrected chi connectivity index (χ0v) is 13.7. The number of benzene rings is 2. The molecule has 0 aliphatic rings. The number of carbonyl (C=O) groups excluding carboxylic acids is 1. The lowest BCUT2D eigenvalue weighted by Gasteiger charge is -2.12. The molecule has 128 valence electrons. The fraction of sp³-hybridized carbons (Fsp3) is 0.278. The lowest BCUT2D eigenvalue weighted by Crippen LogP contribution is -2.19. The molecular formula is C18H21FN2O3. The molecule has 0 aliphatic heterocycles. The third-order valence-electron chi connectivity index (χ3n) is 3.33. The Hall–Kier alpha value is -2.60. The van der Waals surface area contributed by atoms with Crippen LogP contribution in [0.2, 0.25) is 0 Å². The normalized spacial score (nSPS) is 11.7. The van der Waals surface area contributed by atoms with E-state index in [1.165, 1.54) is 19.2 Å². The van der Waals surface area contributed by atoms with Gasteiger partial charge < -0.3 is 20.5 Å². The summed E-state index contributed by atoms with van der Waals surface area (Å²) in [7, 11) is 1.51. The molecule has 0 saturated carbocycles. The second kappa shape index (κ2) is 8.31. The number of methoxy groups -OCH3 is 1. The number of amides is 1. The van der Waals surface area contributed by atoms with Crippen molar-refractivity contribution in [1.82, 2.24) is 0 Å². The molecule has 1 atom stereocenters. The highest BCUT2D eigenvalue weighted by Crippen LogP contribution is 2.33. The second-order valence-corrected chi connectivity index (χ2v) is 5.46. The Kier molecular flexibility index (Phi) is 6.14. The maximum absolute atomic E-state index is 14.2. The number of ether oxygens (including phenoxy) is 2. The van der Waals surface area contributed by atoms with Crippen LogP contribution in [0.3, 0.4) is 0 Å². The van der Waals surface area contributed by atoms with Crippen LogP contribution < -0.4 is 20.5 Å². The molecular weight excluding hydrogens is 311 g/mol. The van der Waals surface area contributed by atoms with Gasteiger partial charge in [0.05, 0.1) is 7.11 Å². The molecule has 1 amide bonds. The van der Waals surface area contributed by atoms with Crippen LogP contribution in [0.4, 0.5) is 10.1 Å². The minimum Gasteiger partial charge on any atom is -0.493 e. The Balaban J connectivity index is 2.05. The van der Waals surface area contributed by atoms with Crippen molar-refractivity contribution in [3.63, 3.8) is 0 Å². The van der Waals surface area contributed by atoms with Gasteiger partial charge in [0.2, 0.25) is 5.91 Å². The Labute approximate surface area is 140 Å². The first kappa shape index (κ1) is 17.7. The van der Waals surface area contributed by atoms with Gasteiger partial charge in [-0.15, -0.1) is 0 Å². The van der Waals surface area contributed by atoms with Crippen LogP contribution in [0, 0.1) is 5.82 Å². The molecule has 6 heteroatoms. The molecule has 0 aromatic heterocycles. The number of para-hydroxylation sites is 2. The largest absolute Gasteiger partial charge is 0.493 e. The lowest BCUT2D eigenvalue weighted by molar-refractivity contribution is -0.116. The minimum absolute atomic E-state index is 0.0491. The van der Waals surface area contributed by atoms with Crippen LogP contribution in [0.5, 0.6) is 17.2 Å². The predicted molar refractivity (Wildman–Crippen MR) is 91.0 cm³/mol. The van der Waals surface area contributed by atoms with Crippen molar-refractivity contribution in [3.8, 4) is 17.2 Å². The molecule has 0 spiro atoms. The van der Waals surface area contributed by atoms with Crippen LogP contribution in [0.1, 0.15) is 19.8 Å². The smallest absolute Gasteiger partial charge is 0.224 e. The van der Waals surface area contributed by atoms with Gasteiger partial charge in [-0.2, -0.15) is 0 Å². The van der Waals surface area contributed by atoms with Crippen LogP contribution in [0.25, 0.3) is 0 Å². The summed E-state index contributed by atoms with van der Waals surface area (Å²) in [6.07, 6.45) is 0.863. The maximum Gasteiger partial charge on any atom is 0.224 e. The van der Waals surface area contributed by atoms with E-state index in [0.717, 1.165) is 0 Å². The van der Waals surface area contributed by atoms with E-state index in [1.807, 2.05) is 6.92 Å². The molecule has 2 aromatic carbocycles. The van der Waals surface area contributed by atoms with Crippen molar-refractivity contribution in [2.75, 3.05) is 12.4 Å². The standard InChI is InChI=1S/C18H21FN2O3/c1-12(20)7-10-18(22)21-13-8-9-15(14(19)11-13)24-17-6-4-3-5-16(17)23-2/h3-6,8-9,11-12H,7,10,20H2,1-2H3,(H,21,22). The number of rotatable bonds is 7. The summed E-state index contributed by atoms with van der Waals surface area (Å²) in [6.45, 7) is 1.83. The Morgan fingerprint density at radius 2 is 1.92 bits per heavy atom. The Morgan fingerprint density at radius 3 is 2.54 bits per heavy atom. The van der Waals surface area contributed by atoms with Gasteiger partial charge in [0.1, 0.15) is 0 Å². The molecule has 2 aromatic rings. The zero-order valence-electron chi connectivity index (χ0n) is 13.7. The van der Waals surface area contributed by atoms with E-state index < -0.39 is 5.82 Å². The summed E-state index contributed by atoms with van der Waals surface area (Å²) in [5.74, 6) is 0.182. The quantitative estimate of drug-likeness (QED) is 0.811. The van der Waals surface area contributed by atoms with E-state index >= 15 is 0 Å². The molecule has 2 rings (SSSR count). The molecule has 1 unspecified atom stereocenters. The first-order valence-electron chi connectivity index (χ1n) is 7.65. The monoisotopic (exact) mass is 332 g/mol. The van der Waals surface area contributed by atoms with Crippen LogP contribution in [0.15, 0.2) is 42.5 Å². The van der Waals surface area contributed by atoms with E-state index in [9.17, 15) is 9.18 Å². The van der Waals surface area contributed by atoms with Gasteiger partial charge in [0.15, 0.2) is 23.1 Å². The third kappa shape index (κ3) is 4.96. The third-order valence-corrected chi connectivity index (χ3v) is 3.33. The number of carbonyl (C=O) groups is 1. The second-order valence-electron chi connectivity index (χ2n) is 5.46. The topological polar surface area (TPSA) is 73.6 Å². The number of hydrogen-bond acceptors (Lipinski definition) is 4. The molecule has 0 heterocycles. The van der Waals surface area contributed by atoms with Crippen molar-refractivity contribution in [2.24, 2.45) is 5.73 Å². The van der Waals surface area contributed by atoms with Crippen LogP contribution in [-0.2, 0) is 4.79 Å². The first-order chi connectivity index (χ1) is 11.5. The number of nitrogens with two attached hydrogens (primary N) is 1. The van der Waals surface area contributed by atoms with Gasteiger partial charge in [-0.05, 0) is 37.6 Å². The van der Waals surface area contributed by atoms with E-state index in [2.05, 4.69) is 5.32 Å². The fourth-order valence-corrected chi connectivity index (χ4v) is 2.07. The molecule has 5 nitrogen and oxygen atoms in total. The molecule has 0 bridgehead atoms. The number of hydrogen-bond donors (Lipinski definition) is 2. The van der Waals surface area contributed by atoms with Gasteiger partial charge >= 0.3 is 0 Å². The highest BCUT2D eigenvalue weighted by atomic mass is 19.1. The van der Waals surface area contributed by atoms with Crippen LogP contribution >= 0.6 is 0 Å². The van der Waals surface area contributed by atoms with E-state index in [0.29, 0.717) is 30.0 Å².